The average molecular weight is 433 g/mol. The predicted octanol–water partition coefficient (Wildman–Crippen LogP) is 3.35. The molecule has 2 aromatic heterocycles. The zero-order valence-electron chi connectivity index (χ0n) is 17.6. The van der Waals surface area contributed by atoms with Gasteiger partial charge in [0.25, 0.3) is 0 Å². The summed E-state index contributed by atoms with van der Waals surface area (Å²) >= 11 is 0. The second kappa shape index (κ2) is 6.22. The minimum Gasteiger partial charge on any atom is -0.383 e. The van der Waals surface area contributed by atoms with Gasteiger partial charge in [0.2, 0.25) is 0 Å². The summed E-state index contributed by atoms with van der Waals surface area (Å²) in [5, 5.41) is 0. The zero-order valence-corrected chi connectivity index (χ0v) is 17.6. The molecule has 2 bridgehead atoms. The maximum Gasteiger partial charge on any atom is 0.419 e. The van der Waals surface area contributed by atoms with Crippen LogP contribution in [0.2, 0.25) is 0 Å². The van der Waals surface area contributed by atoms with E-state index in [2.05, 4.69) is 28.3 Å². The van der Waals surface area contributed by atoms with Crippen molar-refractivity contribution in [3.05, 3.63) is 29.8 Å². The first-order valence-electron chi connectivity index (χ1n) is 11.0. The second-order valence-corrected chi connectivity index (χ2v) is 9.66. The number of ether oxygens (including phenoxy) is 1. The van der Waals surface area contributed by atoms with Crippen molar-refractivity contribution < 1.29 is 17.9 Å². The van der Waals surface area contributed by atoms with E-state index in [1.165, 1.54) is 12.6 Å². The summed E-state index contributed by atoms with van der Waals surface area (Å²) in [7, 11) is 0. The lowest BCUT2D eigenvalue weighted by atomic mass is 10.1. The molecule has 2 N–H and O–H groups in total. The summed E-state index contributed by atoms with van der Waals surface area (Å²) < 4.78 is 47.8. The van der Waals surface area contributed by atoms with Gasteiger partial charge in [-0.2, -0.15) is 13.2 Å². The minimum absolute atomic E-state index is 0.113. The number of hydrogen-bond acceptors (Lipinski definition) is 5. The standard InChI is InChI=1S/C22H26F3N5O/c1-11(2)20-28-15(12-7-14(22(23,24)25)19(26)27-9-12)10-30(20)21-13-8-16(18(21)17(13)21)29-3-5-31-6-4-29/h7,9-11,13,16-18H,3-6,8H2,1-2H3,(H2,26,27)/t13-,16?,17-,18?,21-/m0/s1. The van der Waals surface area contributed by atoms with Crippen LogP contribution in [0.25, 0.3) is 11.3 Å². The van der Waals surface area contributed by atoms with Crippen molar-refractivity contribution >= 4 is 5.82 Å². The summed E-state index contributed by atoms with van der Waals surface area (Å²) in [5.74, 6) is 2.56. The molecule has 2 aromatic rings. The van der Waals surface area contributed by atoms with Crippen LogP contribution in [0.5, 0.6) is 0 Å². The van der Waals surface area contributed by atoms with Gasteiger partial charge in [-0.15, -0.1) is 0 Å². The van der Waals surface area contributed by atoms with Gasteiger partial charge in [-0.1, -0.05) is 13.8 Å². The number of imidazole rings is 1. The van der Waals surface area contributed by atoms with Crippen molar-refractivity contribution in [2.45, 2.75) is 43.9 Å². The molecule has 166 valence electrons. The van der Waals surface area contributed by atoms with Crippen LogP contribution < -0.4 is 5.73 Å². The van der Waals surface area contributed by atoms with Crippen molar-refractivity contribution in [1.82, 2.24) is 19.4 Å². The molecule has 0 aromatic carbocycles. The molecule has 0 spiro atoms. The highest BCUT2D eigenvalue weighted by Crippen LogP contribution is 2.89. The monoisotopic (exact) mass is 433 g/mol. The van der Waals surface area contributed by atoms with Gasteiger partial charge in [0.1, 0.15) is 11.6 Å². The number of rotatable bonds is 4. The first-order chi connectivity index (χ1) is 14.7. The van der Waals surface area contributed by atoms with Crippen molar-refractivity contribution in [2.75, 3.05) is 32.0 Å². The topological polar surface area (TPSA) is 69.2 Å². The maximum absolute atomic E-state index is 13.3. The van der Waals surface area contributed by atoms with Gasteiger partial charge < -0.3 is 15.0 Å². The first-order valence-corrected chi connectivity index (χ1v) is 11.0. The largest absolute Gasteiger partial charge is 0.419 e. The van der Waals surface area contributed by atoms with E-state index in [1.54, 1.807) is 0 Å². The third-order valence-corrected chi connectivity index (χ3v) is 7.88. The summed E-state index contributed by atoms with van der Waals surface area (Å²) in [6.45, 7) is 7.74. The van der Waals surface area contributed by atoms with Crippen molar-refractivity contribution in [1.29, 1.82) is 0 Å². The van der Waals surface area contributed by atoms with Crippen molar-refractivity contribution in [3.8, 4) is 11.3 Å². The van der Waals surface area contributed by atoms with Crippen LogP contribution in [-0.4, -0.2) is 51.8 Å². The van der Waals surface area contributed by atoms with Gasteiger partial charge in [0, 0.05) is 48.9 Å². The molecular weight excluding hydrogens is 407 g/mol. The molecule has 2 unspecified atom stereocenters. The fourth-order valence-corrected chi connectivity index (χ4v) is 6.49. The van der Waals surface area contributed by atoms with E-state index >= 15 is 0 Å². The number of halogens is 3. The van der Waals surface area contributed by atoms with Crippen molar-refractivity contribution in [3.63, 3.8) is 0 Å². The summed E-state index contributed by atoms with van der Waals surface area (Å²) in [6, 6.07) is 1.65. The van der Waals surface area contributed by atoms with Crippen LogP contribution in [0, 0.1) is 17.8 Å². The van der Waals surface area contributed by atoms with Crippen LogP contribution in [0.1, 0.15) is 37.6 Å². The Kier molecular flexibility index (Phi) is 3.92. The zero-order chi connectivity index (χ0) is 21.7. The Labute approximate surface area is 178 Å². The van der Waals surface area contributed by atoms with Gasteiger partial charge in [0.05, 0.1) is 30.0 Å². The molecule has 4 aliphatic carbocycles. The van der Waals surface area contributed by atoms with Gasteiger partial charge in [-0.3, -0.25) is 4.90 Å². The number of nitrogens with two attached hydrogens (primary N) is 1. The van der Waals surface area contributed by atoms with Gasteiger partial charge >= 0.3 is 6.18 Å². The van der Waals surface area contributed by atoms with Crippen LogP contribution in [0.3, 0.4) is 0 Å². The normalized spacial score (nSPS) is 34.3. The van der Waals surface area contributed by atoms with E-state index in [9.17, 15) is 13.2 Å². The lowest BCUT2D eigenvalue weighted by Gasteiger charge is -2.32. The Bertz CT molecular complexity index is 1040. The SMILES string of the molecule is CC(C)c1nc(-c2cnc(N)c(C(F)(F)F)c2)cn1[C@@]12C3C(N4CCOCC4)C[C@H]1[C@@H]32. The Morgan fingerprint density at radius 3 is 2.61 bits per heavy atom. The molecule has 6 nitrogen and oxygen atoms in total. The highest BCUT2D eigenvalue weighted by molar-refractivity contribution is 5.63. The Morgan fingerprint density at radius 1 is 1.23 bits per heavy atom. The lowest BCUT2D eigenvalue weighted by molar-refractivity contribution is -0.137. The highest BCUT2D eigenvalue weighted by atomic mass is 19.4. The number of nitrogen functional groups attached to an aromatic ring is 1. The van der Waals surface area contributed by atoms with E-state index in [-0.39, 0.29) is 11.5 Å². The molecule has 5 fully saturated rings. The van der Waals surface area contributed by atoms with Crippen LogP contribution in [0.15, 0.2) is 18.5 Å². The molecule has 31 heavy (non-hydrogen) atoms. The van der Waals surface area contributed by atoms with Crippen LogP contribution in [-0.2, 0) is 16.5 Å². The fourth-order valence-electron chi connectivity index (χ4n) is 6.49. The Hall–Kier alpha value is -2.13. The molecule has 7 rings (SSSR count). The molecule has 0 radical (unpaired) electrons. The van der Waals surface area contributed by atoms with Crippen molar-refractivity contribution in [2.24, 2.45) is 17.8 Å². The number of nitrogens with zero attached hydrogens (tertiary/aromatic N) is 4. The van der Waals surface area contributed by atoms with Gasteiger partial charge in [0.15, 0.2) is 0 Å². The fraction of sp³-hybridized carbons (Fsp3) is 0.636. The van der Waals surface area contributed by atoms with Crippen LogP contribution >= 0.6 is 0 Å². The molecule has 9 heteroatoms. The maximum atomic E-state index is 13.3. The molecular formula is C22H26F3N5O. The predicted molar refractivity (Wildman–Crippen MR) is 108 cm³/mol. The summed E-state index contributed by atoms with van der Waals surface area (Å²) in [6.07, 6.45) is -0.00134. The lowest BCUT2D eigenvalue weighted by Crippen LogP contribution is -2.43. The molecule has 3 heterocycles. The quantitative estimate of drug-likeness (QED) is 0.801. The minimum atomic E-state index is -4.54. The van der Waals surface area contributed by atoms with E-state index < -0.39 is 17.6 Å². The van der Waals surface area contributed by atoms with Crippen LogP contribution in [0.4, 0.5) is 19.0 Å². The third kappa shape index (κ3) is 2.59. The molecule has 5 atom stereocenters. The molecule has 1 aliphatic heterocycles. The number of aromatic nitrogens is 3. The third-order valence-electron chi connectivity index (χ3n) is 7.88. The van der Waals surface area contributed by atoms with E-state index in [0.717, 1.165) is 38.2 Å². The Morgan fingerprint density at radius 2 is 1.97 bits per heavy atom. The number of hydrogen-bond donors (Lipinski definition) is 1. The van der Waals surface area contributed by atoms with E-state index in [0.29, 0.717) is 35.1 Å². The average Bonchev–Trinajstić information content (AvgIpc) is 3.30. The highest BCUT2D eigenvalue weighted by Gasteiger charge is 2.93. The van der Waals surface area contributed by atoms with Gasteiger partial charge in [-0.25, -0.2) is 9.97 Å². The molecule has 4 saturated carbocycles. The summed E-state index contributed by atoms with van der Waals surface area (Å²) in [5.41, 5.74) is 5.58. The number of morpholine rings is 1. The second-order valence-electron chi connectivity index (χ2n) is 9.66. The summed E-state index contributed by atoms with van der Waals surface area (Å²) in [4.78, 5) is 11.2. The van der Waals surface area contributed by atoms with Gasteiger partial charge in [-0.05, 0) is 24.3 Å². The molecule has 1 saturated heterocycles. The number of alkyl halides is 3. The first kappa shape index (κ1) is 19.5. The molecule has 5 aliphatic rings. The number of fused-ring (bicyclic) bond motifs is 1. The number of pyridine rings is 1. The smallest absolute Gasteiger partial charge is 0.383 e. The number of anilines is 1. The Balaban J connectivity index is 1.35. The van der Waals surface area contributed by atoms with E-state index in [4.69, 9.17) is 15.5 Å². The van der Waals surface area contributed by atoms with E-state index in [1.807, 2.05) is 6.20 Å². The molecule has 0 amide bonds.